The second-order valence-corrected chi connectivity index (χ2v) is 15.2. The number of carbonyl (C=O) groups is 2. The van der Waals surface area contributed by atoms with Gasteiger partial charge >= 0.3 is 12.2 Å². The number of benzene rings is 2. The quantitative estimate of drug-likeness (QED) is 0.175. The van der Waals surface area contributed by atoms with Crippen LogP contribution in [-0.4, -0.2) is 98.4 Å². The van der Waals surface area contributed by atoms with Gasteiger partial charge < -0.3 is 20.2 Å². The summed E-state index contributed by atoms with van der Waals surface area (Å²) in [6, 6.07) is 13.8. The number of aldehydes is 1. The number of ether oxygens (including phenoxy) is 1. The largest absolute Gasteiger partial charge is 0.419 e. The van der Waals surface area contributed by atoms with Crippen LogP contribution < -0.4 is 15.5 Å². The van der Waals surface area contributed by atoms with Crippen molar-refractivity contribution in [3.63, 3.8) is 0 Å². The number of rotatable bonds is 13. The second-order valence-electron chi connectivity index (χ2n) is 13.7. The summed E-state index contributed by atoms with van der Waals surface area (Å²) in [5.41, 5.74) is 2.13. The lowest BCUT2D eigenvalue weighted by Gasteiger charge is -2.33. The van der Waals surface area contributed by atoms with E-state index >= 15 is 0 Å². The Morgan fingerprint density at radius 1 is 1.09 bits per heavy atom. The van der Waals surface area contributed by atoms with E-state index in [9.17, 15) is 27.0 Å². The highest BCUT2D eigenvalue weighted by molar-refractivity contribution is 7.82. The van der Waals surface area contributed by atoms with Gasteiger partial charge in [0.2, 0.25) is 5.95 Å². The summed E-state index contributed by atoms with van der Waals surface area (Å²) in [5.74, 6) is 1.03. The Kier molecular flexibility index (Phi) is 12.6. The number of amides is 2. The number of hydrogen-bond acceptors (Lipinski definition) is 9. The number of alkyl halides is 3. The number of piperidine rings is 2. The van der Waals surface area contributed by atoms with E-state index in [0.29, 0.717) is 37.7 Å². The molecule has 0 bridgehead atoms. The summed E-state index contributed by atoms with van der Waals surface area (Å²) < 4.78 is 62.3. The summed E-state index contributed by atoms with van der Waals surface area (Å²) in [6.07, 6.45) is 0.465. The van der Waals surface area contributed by atoms with E-state index in [2.05, 4.69) is 48.8 Å². The first-order chi connectivity index (χ1) is 26.0. The van der Waals surface area contributed by atoms with Gasteiger partial charge in [0.05, 0.1) is 28.3 Å². The average molecular weight is 770 g/mol. The van der Waals surface area contributed by atoms with Gasteiger partial charge in [-0.3, -0.25) is 14.5 Å². The van der Waals surface area contributed by atoms with Crippen molar-refractivity contribution in [1.82, 2.24) is 34.3 Å². The summed E-state index contributed by atoms with van der Waals surface area (Å²) in [6.45, 7) is 3.65. The summed E-state index contributed by atoms with van der Waals surface area (Å²) in [5, 5.41) is 11.3. The number of hydrogen-bond donors (Lipinski definition) is 2. The minimum Gasteiger partial charge on any atom is -0.378 e. The van der Waals surface area contributed by atoms with E-state index in [1.54, 1.807) is 11.7 Å². The van der Waals surface area contributed by atoms with Gasteiger partial charge in [0, 0.05) is 71.4 Å². The van der Waals surface area contributed by atoms with Crippen molar-refractivity contribution < 1.29 is 31.7 Å². The number of anilines is 2. The minimum absolute atomic E-state index is 0.0678. The number of fused-ring (bicyclic) bond motifs is 1. The number of methoxy groups -OCH3 is 1. The number of carbonyl (C=O) groups excluding carboxylic acids is 2. The van der Waals surface area contributed by atoms with Gasteiger partial charge in [0.25, 0.3) is 0 Å². The van der Waals surface area contributed by atoms with Crippen LogP contribution in [0.2, 0.25) is 0 Å². The average Bonchev–Trinajstić information content (AvgIpc) is 3.50. The molecule has 2 aromatic heterocycles. The molecule has 4 aromatic rings. The van der Waals surface area contributed by atoms with E-state index in [1.165, 1.54) is 17.6 Å². The maximum absolute atomic E-state index is 13.6. The van der Waals surface area contributed by atoms with Crippen molar-refractivity contribution in [2.75, 3.05) is 57.1 Å². The fraction of sp³-hybridized carbons (Fsp3) is 0.486. The van der Waals surface area contributed by atoms with E-state index < -0.39 is 22.7 Å². The number of aromatic nitrogens is 4. The van der Waals surface area contributed by atoms with Crippen molar-refractivity contribution >= 4 is 46.0 Å². The molecular weight excluding hydrogens is 724 g/mol. The number of aryl methyl sites for hydroxylation is 1. The molecule has 1 atom stereocenters. The highest BCUT2D eigenvalue weighted by Gasteiger charge is 2.35. The Balaban J connectivity index is 1.01. The van der Waals surface area contributed by atoms with Gasteiger partial charge in [0.15, 0.2) is 5.82 Å². The Morgan fingerprint density at radius 3 is 2.54 bits per heavy atom. The summed E-state index contributed by atoms with van der Waals surface area (Å²) in [4.78, 5) is 36.3. The fourth-order valence-corrected chi connectivity index (χ4v) is 8.52. The fourth-order valence-electron chi connectivity index (χ4n) is 7.23. The normalized spacial score (nSPS) is 17.1. The van der Waals surface area contributed by atoms with E-state index in [4.69, 9.17) is 4.74 Å². The van der Waals surface area contributed by atoms with Crippen molar-refractivity contribution in [1.29, 1.82) is 0 Å². The third-order valence-corrected chi connectivity index (χ3v) is 11.6. The highest BCUT2D eigenvalue weighted by Crippen LogP contribution is 2.34. The van der Waals surface area contributed by atoms with Gasteiger partial charge in [-0.05, 0) is 80.1 Å². The molecule has 2 aliphatic rings. The van der Waals surface area contributed by atoms with Gasteiger partial charge in [0.1, 0.15) is 17.3 Å². The topological polar surface area (TPSA) is 138 Å². The van der Waals surface area contributed by atoms with Crippen LogP contribution in [0, 0.1) is 0 Å². The molecule has 2 N–H and O–H groups in total. The van der Waals surface area contributed by atoms with Crippen LogP contribution >= 0.6 is 0 Å². The second kappa shape index (κ2) is 17.3. The van der Waals surface area contributed by atoms with Crippen LogP contribution in [0.25, 0.3) is 10.9 Å². The molecular formula is C37H46F3N9O4S. The Bertz CT molecular complexity index is 1960. The number of halogens is 3. The molecule has 0 spiro atoms. The minimum atomic E-state index is -4.57. The molecule has 2 saturated heterocycles. The van der Waals surface area contributed by atoms with Crippen LogP contribution in [0.5, 0.6) is 0 Å². The van der Waals surface area contributed by atoms with Gasteiger partial charge in [-0.25, -0.2) is 23.3 Å². The maximum Gasteiger partial charge on any atom is 0.419 e. The molecule has 1 unspecified atom stereocenters. The van der Waals surface area contributed by atoms with Crippen molar-refractivity contribution in [3.8, 4) is 0 Å². The third kappa shape index (κ3) is 9.08. The molecule has 0 saturated carbocycles. The SMILES string of the molecule is CNC(=O)N(CCC=O)c1nn(C)c2cc(C3CCN(Cc4cccc(S(=O)N5CCC(Nc6ncc(C(F)(F)F)c(COC)n6)CC5)c4)CC3)ccc12. The zero-order valence-corrected chi connectivity index (χ0v) is 31.5. The standard InChI is InChI=1S/C37H46F3N9O4S/c1-41-36(51)49(14-5-19-50)34-30-9-8-27(21-33(30)46(2)45-34)26-10-15-47(16-11-26)23-25-6-4-7-29(20-25)54(52)48-17-12-28(13-18-48)43-35-42-22-31(37(38,39)40)32(44-35)24-53-3/h4,6-9,19-22,26,28H,5,10-18,23-24H2,1-3H3,(H,41,51)(H,42,43,44). The van der Waals surface area contributed by atoms with Crippen LogP contribution in [0.1, 0.15) is 60.4 Å². The highest BCUT2D eigenvalue weighted by atomic mass is 32.2. The monoisotopic (exact) mass is 769 g/mol. The van der Waals surface area contributed by atoms with E-state index in [-0.39, 0.29) is 43.3 Å². The van der Waals surface area contributed by atoms with Crippen molar-refractivity contribution in [2.24, 2.45) is 7.05 Å². The molecule has 13 nitrogen and oxygen atoms in total. The first-order valence-corrected chi connectivity index (χ1v) is 19.2. The lowest BCUT2D eigenvalue weighted by Crippen LogP contribution is -2.40. The predicted molar refractivity (Wildman–Crippen MR) is 199 cm³/mol. The van der Waals surface area contributed by atoms with Gasteiger partial charge in [-0.1, -0.05) is 18.2 Å². The molecule has 290 valence electrons. The molecule has 2 aliphatic heterocycles. The van der Waals surface area contributed by atoms with Crippen LogP contribution in [0.4, 0.5) is 29.7 Å². The van der Waals surface area contributed by atoms with Gasteiger partial charge in [-0.2, -0.15) is 18.3 Å². The molecule has 0 radical (unpaired) electrons. The molecule has 17 heteroatoms. The first kappa shape index (κ1) is 39.2. The molecule has 4 heterocycles. The number of nitrogens with zero attached hydrogens (tertiary/aromatic N) is 7. The number of urea groups is 1. The van der Waals surface area contributed by atoms with Crippen molar-refractivity contribution in [3.05, 3.63) is 71.0 Å². The maximum atomic E-state index is 13.6. The first-order valence-electron chi connectivity index (χ1n) is 18.0. The Morgan fingerprint density at radius 2 is 1.85 bits per heavy atom. The molecule has 2 aromatic carbocycles. The van der Waals surface area contributed by atoms with E-state index in [1.807, 2.05) is 35.6 Å². The third-order valence-electron chi connectivity index (χ3n) is 10.1. The number of nitrogens with one attached hydrogen (secondary N) is 2. The Labute approximate surface area is 314 Å². The molecule has 54 heavy (non-hydrogen) atoms. The lowest BCUT2D eigenvalue weighted by molar-refractivity contribution is -0.139. The summed E-state index contributed by atoms with van der Waals surface area (Å²) >= 11 is 0. The lowest BCUT2D eigenvalue weighted by atomic mass is 9.89. The zero-order chi connectivity index (χ0) is 38.4. The van der Waals surface area contributed by atoms with Crippen LogP contribution in [-0.2, 0) is 46.9 Å². The molecule has 0 aliphatic carbocycles. The molecule has 2 fully saturated rings. The smallest absolute Gasteiger partial charge is 0.378 e. The van der Waals surface area contributed by atoms with Crippen LogP contribution in [0.15, 0.2) is 53.6 Å². The van der Waals surface area contributed by atoms with E-state index in [0.717, 1.165) is 66.3 Å². The zero-order valence-electron chi connectivity index (χ0n) is 30.6. The van der Waals surface area contributed by atoms with Gasteiger partial charge in [-0.15, -0.1) is 0 Å². The van der Waals surface area contributed by atoms with Crippen LogP contribution in [0.3, 0.4) is 0 Å². The predicted octanol–water partition coefficient (Wildman–Crippen LogP) is 5.24. The van der Waals surface area contributed by atoms with Crippen molar-refractivity contribution in [2.45, 2.75) is 68.3 Å². The number of likely N-dealkylation sites (tertiary alicyclic amines) is 1. The molecule has 6 rings (SSSR count). The Hall–Kier alpha value is -4.45. The molecule has 2 amide bonds. The summed E-state index contributed by atoms with van der Waals surface area (Å²) in [7, 11) is 3.39.